The molecular weight excluding hydrogens is 887 g/mol. The van der Waals surface area contributed by atoms with Crippen molar-refractivity contribution < 1.29 is 42.9 Å². The molecule has 0 bridgehead atoms. The minimum atomic E-state index is -1.64. The summed E-state index contributed by atoms with van der Waals surface area (Å²) in [6.07, 6.45) is 71.7. The smallest absolute Gasteiger partial charge is 0.306 e. The van der Waals surface area contributed by atoms with Crippen LogP contribution < -0.4 is 5.11 Å². The van der Waals surface area contributed by atoms with E-state index in [0.717, 1.165) is 128 Å². The Balaban J connectivity index is 4.43. The van der Waals surface area contributed by atoms with Crippen LogP contribution >= 0.6 is 0 Å². The maximum atomic E-state index is 12.8. The predicted octanol–water partition coefficient (Wildman–Crippen LogP) is 14.3. The number of hydrogen-bond donors (Lipinski definition) is 0. The number of hydrogen-bond acceptors (Lipinski definition) is 8. The van der Waals surface area contributed by atoms with Gasteiger partial charge in [-0.15, -0.1) is 0 Å². The maximum absolute atomic E-state index is 12.8. The highest BCUT2D eigenvalue weighted by Gasteiger charge is 2.21. The zero-order valence-electron chi connectivity index (χ0n) is 45.0. The van der Waals surface area contributed by atoms with Crippen LogP contribution in [0.25, 0.3) is 0 Å². The van der Waals surface area contributed by atoms with Gasteiger partial charge in [0.05, 0.1) is 40.3 Å². The fraction of sp³-hybridized carbons (Fsp3) is 0.565. The number of aliphatic carboxylic acids is 1. The zero-order chi connectivity index (χ0) is 52.0. The molecule has 9 nitrogen and oxygen atoms in total. The van der Waals surface area contributed by atoms with Gasteiger partial charge in [0, 0.05) is 12.8 Å². The molecule has 0 aromatic carbocycles. The Morgan fingerprint density at radius 1 is 0.423 bits per heavy atom. The van der Waals surface area contributed by atoms with E-state index in [4.69, 9.17) is 18.9 Å². The van der Waals surface area contributed by atoms with E-state index in [2.05, 4.69) is 160 Å². The van der Waals surface area contributed by atoms with E-state index < -0.39 is 30.3 Å². The van der Waals surface area contributed by atoms with E-state index in [1.807, 2.05) is 21.1 Å². The number of nitrogens with zero attached hydrogens (tertiary/aromatic N) is 1. The van der Waals surface area contributed by atoms with Gasteiger partial charge in [-0.05, 0) is 116 Å². The molecule has 9 heteroatoms. The van der Waals surface area contributed by atoms with Crippen molar-refractivity contribution in [3.8, 4) is 0 Å². The Morgan fingerprint density at radius 2 is 0.761 bits per heavy atom. The summed E-state index contributed by atoms with van der Waals surface area (Å²) in [6.45, 7) is 4.42. The normalized spacial score (nSPS) is 14.0. The van der Waals surface area contributed by atoms with Gasteiger partial charge < -0.3 is 33.3 Å². The van der Waals surface area contributed by atoms with E-state index >= 15 is 0 Å². The second-order valence-electron chi connectivity index (χ2n) is 18.4. The van der Waals surface area contributed by atoms with Gasteiger partial charge in [-0.2, -0.15) is 0 Å². The maximum Gasteiger partial charge on any atom is 0.306 e. The summed E-state index contributed by atoms with van der Waals surface area (Å²) < 4.78 is 22.6. The first-order chi connectivity index (χ1) is 34.6. The average Bonchev–Trinajstić information content (AvgIpc) is 3.34. The molecule has 0 rings (SSSR count). The first-order valence-corrected chi connectivity index (χ1v) is 27.0. The molecule has 2 unspecified atom stereocenters. The summed E-state index contributed by atoms with van der Waals surface area (Å²) in [5.41, 5.74) is 0. The van der Waals surface area contributed by atoms with Gasteiger partial charge in [-0.25, -0.2) is 0 Å². The third-order valence-corrected chi connectivity index (χ3v) is 10.6. The van der Waals surface area contributed by atoms with Crippen molar-refractivity contribution in [1.29, 1.82) is 0 Å². The number of carboxylic acids is 1. The van der Waals surface area contributed by atoms with Crippen molar-refractivity contribution >= 4 is 17.9 Å². The molecule has 0 saturated heterocycles. The number of allylic oxidation sites excluding steroid dienone is 24. The van der Waals surface area contributed by atoms with Crippen molar-refractivity contribution in [3.63, 3.8) is 0 Å². The highest BCUT2D eigenvalue weighted by atomic mass is 16.7. The number of quaternary nitrogens is 1. The summed E-state index contributed by atoms with van der Waals surface area (Å²) in [4.78, 5) is 37.2. The fourth-order valence-corrected chi connectivity index (χ4v) is 6.48. The average molecular weight is 984 g/mol. The van der Waals surface area contributed by atoms with Crippen LogP contribution in [0.5, 0.6) is 0 Å². The molecule has 0 fully saturated rings. The second kappa shape index (κ2) is 51.5. The molecule has 0 spiro atoms. The van der Waals surface area contributed by atoms with Gasteiger partial charge in [0.1, 0.15) is 13.2 Å². The lowest BCUT2D eigenvalue weighted by Gasteiger charge is -2.26. The van der Waals surface area contributed by atoms with E-state index in [1.54, 1.807) is 0 Å². The predicted molar refractivity (Wildman–Crippen MR) is 296 cm³/mol. The van der Waals surface area contributed by atoms with E-state index in [0.29, 0.717) is 23.9 Å². The van der Waals surface area contributed by atoms with Crippen LogP contribution in [0, 0.1) is 0 Å². The van der Waals surface area contributed by atoms with Gasteiger partial charge in [0.2, 0.25) is 0 Å². The zero-order valence-corrected chi connectivity index (χ0v) is 45.0. The Morgan fingerprint density at radius 3 is 1.11 bits per heavy atom. The lowest BCUT2D eigenvalue weighted by molar-refractivity contribution is -0.870. The molecule has 0 aliphatic rings. The Kier molecular flexibility index (Phi) is 48.0. The summed E-state index contributed by atoms with van der Waals surface area (Å²) in [5.74, 6) is -2.38. The number of likely N-dealkylation sites (N-methyl/N-ethyl adjacent to an activating group) is 1. The van der Waals surface area contributed by atoms with Crippen molar-refractivity contribution in [3.05, 3.63) is 146 Å². The molecule has 0 aliphatic heterocycles. The van der Waals surface area contributed by atoms with Gasteiger partial charge >= 0.3 is 11.9 Å². The number of rotatable bonds is 47. The Hall–Kier alpha value is -4.83. The van der Waals surface area contributed by atoms with E-state index in [9.17, 15) is 19.5 Å². The largest absolute Gasteiger partial charge is 0.545 e. The molecule has 0 radical (unpaired) electrons. The van der Waals surface area contributed by atoms with Gasteiger partial charge in [0.15, 0.2) is 12.4 Å². The molecule has 2 atom stereocenters. The first-order valence-electron chi connectivity index (χ1n) is 27.0. The van der Waals surface area contributed by atoms with Gasteiger partial charge in [0.25, 0.3) is 0 Å². The summed E-state index contributed by atoms with van der Waals surface area (Å²) >= 11 is 0. The van der Waals surface area contributed by atoms with Crippen molar-refractivity contribution in [2.45, 2.75) is 180 Å². The van der Waals surface area contributed by atoms with Crippen LogP contribution in [0.2, 0.25) is 0 Å². The quantitative estimate of drug-likeness (QED) is 0.0195. The molecule has 398 valence electrons. The van der Waals surface area contributed by atoms with Crippen LogP contribution in [0.1, 0.15) is 168 Å². The van der Waals surface area contributed by atoms with E-state index in [1.165, 1.54) is 0 Å². The van der Waals surface area contributed by atoms with Gasteiger partial charge in [-0.3, -0.25) is 9.59 Å². The van der Waals surface area contributed by atoms with Crippen LogP contribution in [-0.2, 0) is 33.3 Å². The number of esters is 2. The number of ether oxygens (including phenoxy) is 4. The summed E-state index contributed by atoms with van der Waals surface area (Å²) in [6, 6.07) is 0. The molecule has 0 heterocycles. The SMILES string of the molecule is CC/C=C\C/C=C\C/C=C\C/C=C\C/C=C\C/C=C\C/C=C\C/C=C\CCCCCCC(=O)OC(COC(=O)CCCCCC/C=C\C/C=C\C/C=C\C/C=C\CC)COC(OCC[N+](C)(C)C)C(=O)[O-]. The molecule has 0 aromatic rings. The lowest BCUT2D eigenvalue weighted by Crippen LogP contribution is -2.44. The standard InChI is InChI=1S/C62H97NO8/c1-6-8-10-12-14-16-18-20-22-24-25-26-27-28-29-30-31-32-33-34-35-37-39-41-43-45-47-49-51-53-60(65)71-58(57-70-62(61(66)67)68-55-54-63(3,4)5)56-69-59(64)52-50-48-46-44-42-40-38-36-23-21-19-17-15-13-11-9-7-2/h8-11,14-17,20-23,25-26,28-29,31-32,34-35,38-41,58,62H,6-7,12-13,18-19,24,27,30,33,36-37,42-57H2,1-5H3/b10-8-,11-9-,16-14-,17-15-,22-20-,23-21-,26-25-,29-28-,32-31-,35-34-,40-38-,41-39-. The molecule has 0 aromatic heterocycles. The minimum Gasteiger partial charge on any atom is -0.545 e. The van der Waals surface area contributed by atoms with Crippen LogP contribution in [-0.4, -0.2) is 82.3 Å². The second-order valence-corrected chi connectivity index (χ2v) is 18.4. The minimum absolute atomic E-state index is 0.129. The lowest BCUT2D eigenvalue weighted by atomic mass is 10.1. The Labute approximate surface area is 432 Å². The molecule has 0 aliphatic carbocycles. The number of carbonyl (C=O) groups excluding carboxylic acids is 3. The van der Waals surface area contributed by atoms with Crippen LogP contribution in [0.4, 0.5) is 0 Å². The molecule has 71 heavy (non-hydrogen) atoms. The van der Waals surface area contributed by atoms with Crippen molar-refractivity contribution in [1.82, 2.24) is 0 Å². The van der Waals surface area contributed by atoms with Crippen molar-refractivity contribution in [2.24, 2.45) is 0 Å². The number of carbonyl (C=O) groups is 3. The van der Waals surface area contributed by atoms with Crippen LogP contribution in [0.15, 0.2) is 146 Å². The molecular formula is C62H97NO8. The molecule has 0 N–H and O–H groups in total. The third-order valence-electron chi connectivity index (χ3n) is 10.6. The highest BCUT2D eigenvalue weighted by molar-refractivity contribution is 5.70. The third kappa shape index (κ3) is 52.8. The molecule has 0 saturated carbocycles. The van der Waals surface area contributed by atoms with Crippen molar-refractivity contribution in [2.75, 3.05) is 47.5 Å². The summed E-state index contributed by atoms with van der Waals surface area (Å²) in [7, 11) is 5.88. The summed E-state index contributed by atoms with van der Waals surface area (Å²) in [5, 5.41) is 11.8. The number of unbranched alkanes of at least 4 members (excludes halogenated alkanes) is 8. The topological polar surface area (TPSA) is 111 Å². The fourth-order valence-electron chi connectivity index (χ4n) is 6.48. The molecule has 0 amide bonds. The number of carboxylic acid groups (broad SMARTS) is 1. The monoisotopic (exact) mass is 984 g/mol. The highest BCUT2D eigenvalue weighted by Crippen LogP contribution is 2.12. The Bertz CT molecular complexity index is 1670. The first kappa shape index (κ1) is 66.2. The van der Waals surface area contributed by atoms with E-state index in [-0.39, 0.29) is 32.7 Å². The van der Waals surface area contributed by atoms with Gasteiger partial charge in [-0.1, -0.05) is 185 Å². The van der Waals surface area contributed by atoms with Crippen LogP contribution in [0.3, 0.4) is 0 Å².